The van der Waals surface area contributed by atoms with E-state index in [0.29, 0.717) is 17.6 Å². The maximum atomic E-state index is 13.2. The zero-order chi connectivity index (χ0) is 28.5. The number of hydrogen-bond donors (Lipinski definition) is 3. The minimum atomic E-state index is -4.64. The summed E-state index contributed by atoms with van der Waals surface area (Å²) in [6, 6.07) is 8.56. The minimum Gasteiger partial charge on any atom is -0.404 e. The molecule has 4 aromatic rings. The van der Waals surface area contributed by atoms with Gasteiger partial charge in [0, 0.05) is 12.0 Å². The molecule has 17 heteroatoms. The fourth-order valence-electron chi connectivity index (χ4n) is 4.33. The summed E-state index contributed by atoms with van der Waals surface area (Å²) in [6.07, 6.45) is 3.15. The molecule has 5 unspecified atom stereocenters. The number of rotatable bonds is 11. The van der Waals surface area contributed by atoms with E-state index in [9.17, 15) is 27.7 Å². The van der Waals surface area contributed by atoms with E-state index in [2.05, 4.69) is 15.0 Å². The highest BCUT2D eigenvalue weighted by Gasteiger charge is 2.45. The summed E-state index contributed by atoms with van der Waals surface area (Å²) in [6.45, 7) is -0.611. The Morgan fingerprint density at radius 3 is 2.00 bits per heavy atom. The van der Waals surface area contributed by atoms with E-state index >= 15 is 0 Å². The van der Waals surface area contributed by atoms with Crippen LogP contribution in [0.2, 0.25) is 0 Å². The number of phosphoric acid groups is 2. The monoisotopic (exact) mass is 597 g/mol. The molecule has 40 heavy (non-hydrogen) atoms. The van der Waals surface area contributed by atoms with Gasteiger partial charge >= 0.3 is 15.6 Å². The van der Waals surface area contributed by atoms with Gasteiger partial charge in [0.2, 0.25) is 0 Å². The third kappa shape index (κ3) is 6.47. The van der Waals surface area contributed by atoms with Crippen molar-refractivity contribution in [1.82, 2.24) is 19.5 Å². The number of hydrogen-bond acceptors (Lipinski definition) is 10. The second-order valence-electron chi connectivity index (χ2n) is 8.93. The van der Waals surface area contributed by atoms with Gasteiger partial charge in [0.05, 0.1) is 19.5 Å². The highest BCUT2D eigenvalue weighted by molar-refractivity contribution is 7.48. The van der Waals surface area contributed by atoms with Crippen molar-refractivity contribution in [2.24, 2.45) is 11.8 Å². The van der Waals surface area contributed by atoms with Crippen molar-refractivity contribution >= 4 is 32.6 Å². The summed E-state index contributed by atoms with van der Waals surface area (Å²) in [5.41, 5.74) is 6.66. The lowest BCUT2D eigenvalue weighted by Gasteiger charge is -2.45. The van der Waals surface area contributed by atoms with E-state index in [0.717, 1.165) is 24.3 Å². The molecule has 5 atom stereocenters. The molecule has 2 aromatic carbocycles. The summed E-state index contributed by atoms with van der Waals surface area (Å²) in [5, 5.41) is 0. The molecule has 5 rings (SSSR count). The van der Waals surface area contributed by atoms with Crippen LogP contribution >= 0.6 is 15.6 Å². The lowest BCUT2D eigenvalue weighted by Crippen LogP contribution is -2.43. The van der Waals surface area contributed by atoms with Crippen molar-refractivity contribution in [3.63, 3.8) is 0 Å². The molecule has 0 bridgehead atoms. The number of benzene rings is 2. The number of nitrogen functional groups attached to an aromatic ring is 1. The maximum absolute atomic E-state index is 13.2. The molecule has 1 fully saturated rings. The number of fused-ring (bicyclic) bond motifs is 1. The van der Waals surface area contributed by atoms with Crippen LogP contribution in [0.25, 0.3) is 11.2 Å². The third-order valence-corrected chi connectivity index (χ3v) is 8.17. The quantitative estimate of drug-likeness (QED) is 0.209. The van der Waals surface area contributed by atoms with Crippen LogP contribution in [0.3, 0.4) is 0 Å². The molecule has 1 saturated carbocycles. The fourth-order valence-corrected chi connectivity index (χ4v) is 5.95. The van der Waals surface area contributed by atoms with Gasteiger partial charge in [-0.3, -0.25) is 18.8 Å². The third-order valence-electron chi connectivity index (χ3n) is 6.34. The van der Waals surface area contributed by atoms with Gasteiger partial charge in [-0.2, -0.15) is 0 Å². The van der Waals surface area contributed by atoms with Gasteiger partial charge in [0.25, 0.3) is 0 Å². The van der Waals surface area contributed by atoms with Gasteiger partial charge in [-0.25, -0.2) is 32.9 Å². The lowest BCUT2D eigenvalue weighted by molar-refractivity contribution is -0.00444. The SMILES string of the molecule is Nc1ncnc2c1ncn2C1CC(COP(=O)(O)Oc2ccc(F)cc2)C1COP(=O)(O)Oc1ccc(F)cc1. The van der Waals surface area contributed by atoms with Crippen molar-refractivity contribution in [2.45, 2.75) is 12.5 Å². The first kappa shape index (κ1) is 28.1. The van der Waals surface area contributed by atoms with Crippen LogP contribution in [0.15, 0.2) is 61.2 Å². The van der Waals surface area contributed by atoms with E-state index in [4.69, 9.17) is 23.8 Å². The first-order valence-corrected chi connectivity index (χ1v) is 14.8. The molecule has 2 heterocycles. The van der Waals surface area contributed by atoms with E-state index in [1.165, 1.54) is 36.9 Å². The van der Waals surface area contributed by atoms with Gasteiger partial charge < -0.3 is 19.3 Å². The number of imidazole rings is 1. The van der Waals surface area contributed by atoms with Gasteiger partial charge in [-0.05, 0) is 60.9 Å². The Balaban J connectivity index is 1.30. The molecule has 0 radical (unpaired) electrons. The van der Waals surface area contributed by atoms with Gasteiger partial charge in [-0.1, -0.05) is 0 Å². The minimum absolute atomic E-state index is 0.0695. The molecule has 1 aliphatic rings. The van der Waals surface area contributed by atoms with E-state index < -0.39 is 39.1 Å². The summed E-state index contributed by atoms with van der Waals surface area (Å²) in [4.78, 5) is 32.8. The molecule has 0 saturated heterocycles. The predicted octanol–water partition coefficient (Wildman–Crippen LogP) is 4.26. The van der Waals surface area contributed by atoms with Crippen LogP contribution in [-0.4, -0.2) is 42.5 Å². The molecule has 2 aromatic heterocycles. The van der Waals surface area contributed by atoms with Crippen molar-refractivity contribution in [2.75, 3.05) is 18.9 Å². The van der Waals surface area contributed by atoms with Crippen molar-refractivity contribution < 1.29 is 45.8 Å². The number of anilines is 1. The number of nitrogens with zero attached hydrogens (tertiary/aromatic N) is 4. The zero-order valence-corrected chi connectivity index (χ0v) is 22.3. The normalized spacial score (nSPS) is 21.8. The summed E-state index contributed by atoms with van der Waals surface area (Å²) >= 11 is 0. The molecule has 4 N–H and O–H groups in total. The second kappa shape index (κ2) is 11.2. The first-order valence-electron chi connectivity index (χ1n) is 11.8. The van der Waals surface area contributed by atoms with E-state index in [1.54, 1.807) is 4.57 Å². The number of aromatic nitrogens is 4. The molecule has 1 aliphatic carbocycles. The van der Waals surface area contributed by atoms with Crippen LogP contribution in [-0.2, 0) is 18.2 Å². The maximum Gasteiger partial charge on any atom is 0.527 e. The summed E-state index contributed by atoms with van der Waals surface area (Å²) in [5.74, 6) is -2.07. The fraction of sp³-hybridized carbons (Fsp3) is 0.261. The Kier molecular flexibility index (Phi) is 7.87. The Labute approximate surface area is 225 Å². The molecule has 0 spiro atoms. The molecule has 212 valence electrons. The zero-order valence-electron chi connectivity index (χ0n) is 20.5. The topological polar surface area (TPSA) is 181 Å². The Morgan fingerprint density at radius 2 is 1.43 bits per heavy atom. The average Bonchev–Trinajstić information content (AvgIpc) is 3.31. The second-order valence-corrected chi connectivity index (χ2v) is 11.7. The van der Waals surface area contributed by atoms with Gasteiger partial charge in [-0.15, -0.1) is 0 Å². The van der Waals surface area contributed by atoms with Crippen LogP contribution < -0.4 is 14.8 Å². The van der Waals surface area contributed by atoms with Crippen molar-refractivity contribution in [3.8, 4) is 11.5 Å². The van der Waals surface area contributed by atoms with Crippen molar-refractivity contribution in [3.05, 3.63) is 72.8 Å². The Hall–Kier alpha value is -3.45. The molecular formula is C23H23F2N5O8P2. The number of halogens is 2. The average molecular weight is 597 g/mol. The standard InChI is InChI=1S/C23H23F2N5O8P2/c24-15-1-5-17(6-2-15)37-39(31,32)35-10-14-9-20(30-13-29-21-22(26)27-12-28-23(21)30)19(14)11-36-40(33,34)38-18-7-3-16(25)4-8-18/h1-8,12-14,19-20H,9-11H2,(H,31,32)(H,33,34)(H2,26,27,28). The van der Waals surface area contributed by atoms with Crippen LogP contribution in [0.5, 0.6) is 11.5 Å². The smallest absolute Gasteiger partial charge is 0.404 e. The molecule has 13 nitrogen and oxygen atoms in total. The predicted molar refractivity (Wildman–Crippen MR) is 136 cm³/mol. The highest BCUT2D eigenvalue weighted by Crippen LogP contribution is 2.52. The number of nitrogens with two attached hydrogens (primary N) is 1. The molecular weight excluding hydrogens is 574 g/mol. The summed E-state index contributed by atoms with van der Waals surface area (Å²) < 4.78 is 73.5. The van der Waals surface area contributed by atoms with E-state index in [-0.39, 0.29) is 36.6 Å². The highest BCUT2D eigenvalue weighted by atomic mass is 31.2. The number of phosphoric ester groups is 2. The van der Waals surface area contributed by atoms with Crippen molar-refractivity contribution in [1.29, 1.82) is 0 Å². The van der Waals surface area contributed by atoms with Crippen LogP contribution in [0.4, 0.5) is 14.6 Å². The van der Waals surface area contributed by atoms with Gasteiger partial charge in [0.1, 0.15) is 35.0 Å². The molecule has 0 aliphatic heterocycles. The Morgan fingerprint density at radius 1 is 0.875 bits per heavy atom. The van der Waals surface area contributed by atoms with Crippen LogP contribution in [0.1, 0.15) is 12.5 Å². The largest absolute Gasteiger partial charge is 0.527 e. The lowest BCUT2D eigenvalue weighted by atomic mass is 9.70. The van der Waals surface area contributed by atoms with Gasteiger partial charge in [0.15, 0.2) is 11.5 Å². The van der Waals surface area contributed by atoms with E-state index in [1.807, 2.05) is 0 Å². The Bertz CT molecular complexity index is 1590. The summed E-state index contributed by atoms with van der Waals surface area (Å²) in [7, 11) is -9.24. The first-order chi connectivity index (χ1) is 19.0. The van der Waals surface area contributed by atoms with Crippen LogP contribution in [0, 0.1) is 23.5 Å². The molecule has 0 amide bonds.